The third-order valence-corrected chi connectivity index (χ3v) is 10.5. The predicted molar refractivity (Wildman–Crippen MR) is 87.0 cm³/mol. The fraction of sp³-hybridized carbons (Fsp3) is 0.867. The van der Waals surface area contributed by atoms with Crippen LogP contribution in [0.25, 0.3) is 10.4 Å². The highest BCUT2D eigenvalue weighted by molar-refractivity contribution is 6.77. The van der Waals surface area contributed by atoms with E-state index in [0.717, 1.165) is 25.0 Å². The summed E-state index contributed by atoms with van der Waals surface area (Å²) in [7, 11) is -1.87. The first-order valence-corrected chi connectivity index (χ1v) is 9.92. The molecular weight excluding hydrogens is 266 g/mol. The van der Waals surface area contributed by atoms with Crippen LogP contribution in [-0.2, 0) is 4.43 Å². The molecule has 0 bridgehead atoms. The Morgan fingerprint density at radius 1 is 1.20 bits per heavy atom. The van der Waals surface area contributed by atoms with Gasteiger partial charge < -0.3 is 4.43 Å². The Balaban J connectivity index is 3.03. The first-order chi connectivity index (χ1) is 9.34. The molecule has 1 aliphatic rings. The lowest BCUT2D eigenvalue weighted by Gasteiger charge is -2.43. The Kier molecular flexibility index (Phi) is 6.15. The summed E-state index contributed by atoms with van der Waals surface area (Å²) in [5, 5.41) is 3.84. The molecule has 0 radical (unpaired) electrons. The molecule has 114 valence electrons. The minimum absolute atomic E-state index is 0.0260. The van der Waals surface area contributed by atoms with Gasteiger partial charge in [-0.3, -0.25) is 0 Å². The van der Waals surface area contributed by atoms with Crippen molar-refractivity contribution < 1.29 is 4.43 Å². The van der Waals surface area contributed by atoms with Crippen molar-refractivity contribution >= 4 is 8.32 Å². The molecular formula is C15H29N3OSi. The molecule has 4 nitrogen and oxygen atoms in total. The van der Waals surface area contributed by atoms with Crippen LogP contribution in [-0.4, -0.2) is 14.4 Å². The molecule has 1 aliphatic carbocycles. The highest BCUT2D eigenvalue weighted by atomic mass is 28.4. The Morgan fingerprint density at radius 3 is 2.20 bits per heavy atom. The van der Waals surface area contributed by atoms with E-state index in [2.05, 4.69) is 57.6 Å². The van der Waals surface area contributed by atoms with Gasteiger partial charge in [0, 0.05) is 11.3 Å². The van der Waals surface area contributed by atoms with Crippen molar-refractivity contribution in [2.24, 2.45) is 5.11 Å². The Hall–Kier alpha value is -0.933. The average Bonchev–Trinajstić information content (AvgIpc) is 2.35. The fourth-order valence-electron chi connectivity index (χ4n) is 3.69. The maximum atomic E-state index is 8.60. The SMILES string of the molecule is CC(C)[Si](OC1=CC(N=[N+]=[N-])CCC1)(C(C)C)C(C)C. The van der Waals surface area contributed by atoms with Crippen LogP contribution in [0.3, 0.4) is 0 Å². The number of allylic oxidation sites excluding steroid dienone is 1. The van der Waals surface area contributed by atoms with Crippen LogP contribution in [0.15, 0.2) is 16.9 Å². The van der Waals surface area contributed by atoms with E-state index in [-0.39, 0.29) is 6.04 Å². The first-order valence-electron chi connectivity index (χ1n) is 7.78. The molecule has 0 aromatic heterocycles. The Bertz CT molecular complexity index is 376. The van der Waals surface area contributed by atoms with Crippen molar-refractivity contribution in [3.63, 3.8) is 0 Å². The van der Waals surface area contributed by atoms with Crippen molar-refractivity contribution in [1.82, 2.24) is 0 Å². The molecule has 1 unspecified atom stereocenters. The molecule has 0 spiro atoms. The van der Waals surface area contributed by atoms with Gasteiger partial charge in [0.2, 0.25) is 0 Å². The number of azide groups is 1. The zero-order valence-corrected chi connectivity index (χ0v) is 14.8. The highest BCUT2D eigenvalue weighted by Crippen LogP contribution is 2.44. The van der Waals surface area contributed by atoms with E-state index in [0.29, 0.717) is 16.6 Å². The molecule has 0 aromatic carbocycles. The van der Waals surface area contributed by atoms with Crippen LogP contribution in [0.1, 0.15) is 60.8 Å². The number of rotatable bonds is 6. The standard InChI is InChI=1S/C15H29N3OSi/c1-11(2)20(12(3)4,13(5)6)19-15-9-7-8-14(10-15)17-18-16/h10-14H,7-9H2,1-6H3. The van der Waals surface area contributed by atoms with E-state index < -0.39 is 8.32 Å². The van der Waals surface area contributed by atoms with Gasteiger partial charge in [-0.1, -0.05) is 46.7 Å². The lowest BCUT2D eigenvalue weighted by atomic mass is 10.0. The van der Waals surface area contributed by atoms with E-state index in [4.69, 9.17) is 9.96 Å². The largest absolute Gasteiger partial charge is 0.546 e. The summed E-state index contributed by atoms with van der Waals surface area (Å²) >= 11 is 0. The summed E-state index contributed by atoms with van der Waals surface area (Å²) in [6.07, 6.45) is 5.03. The maximum Gasteiger partial charge on any atom is 0.258 e. The lowest BCUT2D eigenvalue weighted by molar-refractivity contribution is 0.336. The predicted octanol–water partition coefficient (Wildman–Crippen LogP) is 5.93. The van der Waals surface area contributed by atoms with E-state index in [1.54, 1.807) is 0 Å². The molecule has 0 aromatic rings. The van der Waals surface area contributed by atoms with Crippen LogP contribution < -0.4 is 0 Å². The summed E-state index contributed by atoms with van der Waals surface area (Å²) in [6.45, 7) is 13.8. The monoisotopic (exact) mass is 295 g/mol. The molecule has 0 N–H and O–H groups in total. The summed E-state index contributed by atoms with van der Waals surface area (Å²) in [4.78, 5) is 2.93. The van der Waals surface area contributed by atoms with Gasteiger partial charge in [-0.05, 0) is 41.1 Å². The summed E-state index contributed by atoms with van der Waals surface area (Å²) < 4.78 is 6.66. The Labute approximate surface area is 124 Å². The molecule has 1 rings (SSSR count). The van der Waals surface area contributed by atoms with Crippen molar-refractivity contribution in [3.8, 4) is 0 Å². The zero-order valence-electron chi connectivity index (χ0n) is 13.8. The van der Waals surface area contributed by atoms with Crippen molar-refractivity contribution in [3.05, 3.63) is 22.3 Å². The maximum absolute atomic E-state index is 8.60. The summed E-state index contributed by atoms with van der Waals surface area (Å²) in [6, 6.07) is -0.0260. The quantitative estimate of drug-likeness (QED) is 0.259. The van der Waals surface area contributed by atoms with Crippen LogP contribution in [0.5, 0.6) is 0 Å². The van der Waals surface area contributed by atoms with E-state index >= 15 is 0 Å². The molecule has 0 amide bonds. The van der Waals surface area contributed by atoms with Gasteiger partial charge in [-0.15, -0.1) is 0 Å². The number of nitrogens with zero attached hydrogens (tertiary/aromatic N) is 3. The van der Waals surface area contributed by atoms with Crippen molar-refractivity contribution in [1.29, 1.82) is 0 Å². The molecule has 1 atom stereocenters. The second kappa shape index (κ2) is 7.18. The molecule has 20 heavy (non-hydrogen) atoms. The van der Waals surface area contributed by atoms with E-state index in [1.165, 1.54) is 0 Å². The number of hydrogen-bond donors (Lipinski definition) is 0. The summed E-state index contributed by atoms with van der Waals surface area (Å²) in [5.41, 5.74) is 10.3. The third kappa shape index (κ3) is 3.58. The van der Waals surface area contributed by atoms with Gasteiger partial charge in [0.05, 0.1) is 11.8 Å². The van der Waals surface area contributed by atoms with Gasteiger partial charge >= 0.3 is 0 Å². The van der Waals surface area contributed by atoms with Crippen LogP contribution in [0.4, 0.5) is 0 Å². The smallest absolute Gasteiger partial charge is 0.258 e. The van der Waals surface area contributed by atoms with E-state index in [9.17, 15) is 0 Å². The van der Waals surface area contributed by atoms with Crippen LogP contribution in [0.2, 0.25) is 16.6 Å². The average molecular weight is 296 g/mol. The topological polar surface area (TPSA) is 58.0 Å². The number of hydrogen-bond acceptors (Lipinski definition) is 2. The van der Waals surface area contributed by atoms with E-state index in [1.807, 2.05) is 0 Å². The van der Waals surface area contributed by atoms with Crippen molar-refractivity contribution in [2.75, 3.05) is 0 Å². The van der Waals surface area contributed by atoms with Crippen LogP contribution in [0, 0.1) is 0 Å². The molecule has 0 heterocycles. The van der Waals surface area contributed by atoms with Gasteiger partial charge in [-0.25, -0.2) is 0 Å². The summed E-state index contributed by atoms with van der Waals surface area (Å²) in [5.74, 6) is 1.07. The molecule has 0 saturated carbocycles. The third-order valence-electron chi connectivity index (χ3n) is 4.52. The van der Waals surface area contributed by atoms with Crippen molar-refractivity contribution in [2.45, 2.75) is 83.5 Å². The van der Waals surface area contributed by atoms with Gasteiger partial charge in [0.25, 0.3) is 8.32 Å². The van der Waals surface area contributed by atoms with Gasteiger partial charge in [-0.2, -0.15) is 0 Å². The molecule has 0 saturated heterocycles. The van der Waals surface area contributed by atoms with Gasteiger partial charge in [0.1, 0.15) is 0 Å². The minimum Gasteiger partial charge on any atom is -0.546 e. The Morgan fingerprint density at radius 2 is 1.75 bits per heavy atom. The first kappa shape index (κ1) is 17.1. The van der Waals surface area contributed by atoms with Crippen LogP contribution >= 0.6 is 0 Å². The van der Waals surface area contributed by atoms with Gasteiger partial charge in [0.15, 0.2) is 0 Å². The normalized spacial score (nSPS) is 20.1. The second-order valence-corrected chi connectivity index (χ2v) is 12.1. The fourth-order valence-corrected chi connectivity index (χ4v) is 9.02. The second-order valence-electron chi connectivity index (χ2n) is 6.72. The highest BCUT2D eigenvalue weighted by Gasteiger charge is 2.47. The lowest BCUT2D eigenvalue weighted by Crippen LogP contribution is -2.47. The molecule has 0 aliphatic heterocycles. The molecule has 0 fully saturated rings. The molecule has 5 heteroatoms. The minimum atomic E-state index is -1.87. The zero-order chi connectivity index (χ0) is 15.3.